The molecule has 0 N–H and O–H groups in total. The van der Waals surface area contributed by atoms with Crippen molar-refractivity contribution in [2.75, 3.05) is 41.5 Å². The number of methoxy groups -OCH3 is 4. The van der Waals surface area contributed by atoms with E-state index in [1.54, 1.807) is 39.4 Å². The molecule has 1 heterocycles. The fraction of sp³-hybridized carbons (Fsp3) is 0.517. The zero-order chi connectivity index (χ0) is 26.5. The van der Waals surface area contributed by atoms with Gasteiger partial charge in [-0.25, -0.2) is 0 Å². The molecule has 0 unspecified atom stereocenters. The van der Waals surface area contributed by atoms with Crippen LogP contribution in [0.3, 0.4) is 0 Å². The second-order valence-corrected chi connectivity index (χ2v) is 9.92. The van der Waals surface area contributed by atoms with Crippen LogP contribution in [0.2, 0.25) is 0 Å². The second kappa shape index (κ2) is 11.8. The van der Waals surface area contributed by atoms with Gasteiger partial charge in [-0.1, -0.05) is 19.1 Å². The third-order valence-electron chi connectivity index (χ3n) is 7.69. The van der Waals surface area contributed by atoms with Gasteiger partial charge in [-0.15, -0.1) is 0 Å². The summed E-state index contributed by atoms with van der Waals surface area (Å²) in [6, 6.07) is 10.6. The molecule has 1 aliphatic carbocycles. The Bertz CT molecular complexity index is 1110. The zero-order valence-electron chi connectivity index (χ0n) is 22.5. The van der Waals surface area contributed by atoms with Gasteiger partial charge in [0.05, 0.1) is 28.4 Å². The summed E-state index contributed by atoms with van der Waals surface area (Å²) < 4.78 is 21.7. The summed E-state index contributed by atoms with van der Waals surface area (Å²) in [6.07, 6.45) is 4.60. The van der Waals surface area contributed by atoms with Crippen molar-refractivity contribution in [1.82, 2.24) is 9.80 Å². The van der Waals surface area contributed by atoms with Crippen molar-refractivity contribution in [1.29, 1.82) is 0 Å². The first kappa shape index (κ1) is 26.6. The minimum Gasteiger partial charge on any atom is -0.493 e. The molecule has 2 aromatic rings. The topological polar surface area (TPSA) is 77.5 Å². The number of piperazine rings is 1. The summed E-state index contributed by atoms with van der Waals surface area (Å²) in [5.41, 5.74) is 1.71. The van der Waals surface area contributed by atoms with Gasteiger partial charge >= 0.3 is 0 Å². The molecule has 0 aromatic heterocycles. The van der Waals surface area contributed by atoms with Gasteiger partial charge in [-0.3, -0.25) is 9.59 Å². The van der Waals surface area contributed by atoms with Crippen LogP contribution in [0.1, 0.15) is 49.8 Å². The molecule has 2 amide bonds. The van der Waals surface area contributed by atoms with E-state index in [-0.39, 0.29) is 24.4 Å². The molecule has 2 aromatic carbocycles. The molecular formula is C29H38N2O6. The van der Waals surface area contributed by atoms with Crippen molar-refractivity contribution in [3.05, 3.63) is 47.5 Å². The summed E-state index contributed by atoms with van der Waals surface area (Å²) in [5, 5.41) is 0. The summed E-state index contributed by atoms with van der Waals surface area (Å²) in [4.78, 5) is 31.2. The number of nitrogens with zero attached hydrogens (tertiary/aromatic N) is 2. The molecular weight excluding hydrogens is 472 g/mol. The third kappa shape index (κ3) is 5.63. The molecule has 1 saturated heterocycles. The first-order valence-corrected chi connectivity index (χ1v) is 12.9. The fourth-order valence-corrected chi connectivity index (χ4v) is 5.50. The maximum Gasteiger partial charge on any atom is 0.250 e. The third-order valence-corrected chi connectivity index (χ3v) is 7.69. The van der Waals surface area contributed by atoms with E-state index in [0.29, 0.717) is 41.9 Å². The van der Waals surface area contributed by atoms with E-state index in [0.717, 1.165) is 36.8 Å². The van der Waals surface area contributed by atoms with Gasteiger partial charge in [-0.05, 0) is 73.4 Å². The average Bonchev–Trinajstić information content (AvgIpc) is 2.93. The first-order chi connectivity index (χ1) is 17.9. The van der Waals surface area contributed by atoms with Crippen LogP contribution in [0.25, 0.3) is 0 Å². The van der Waals surface area contributed by atoms with E-state index in [4.69, 9.17) is 18.9 Å². The molecule has 0 spiro atoms. The molecule has 0 bridgehead atoms. The molecule has 8 nitrogen and oxygen atoms in total. The minimum absolute atomic E-state index is 0.0290. The lowest BCUT2D eigenvalue weighted by atomic mass is 9.85. The molecule has 2 aliphatic rings. The minimum atomic E-state index is -0.722. The van der Waals surface area contributed by atoms with Gasteiger partial charge in [0.25, 0.3) is 5.91 Å². The Labute approximate surface area is 219 Å². The van der Waals surface area contributed by atoms with Crippen LogP contribution in [0.15, 0.2) is 36.4 Å². The fourth-order valence-electron chi connectivity index (χ4n) is 5.50. The lowest BCUT2D eigenvalue weighted by molar-refractivity contribution is -0.159. The predicted molar refractivity (Wildman–Crippen MR) is 140 cm³/mol. The molecule has 200 valence electrons. The summed E-state index contributed by atoms with van der Waals surface area (Å²) in [5.74, 6) is 2.98. The average molecular weight is 511 g/mol. The Morgan fingerprint density at radius 2 is 1.38 bits per heavy atom. The van der Waals surface area contributed by atoms with E-state index in [9.17, 15) is 9.59 Å². The van der Waals surface area contributed by atoms with E-state index < -0.39 is 6.04 Å². The number of benzene rings is 2. The SMILES string of the molecule is COc1ccc(CCN2C(=O)CN(C3CCC(C)CC3)C(=O)[C@H]2c2ccc(OC)c(OC)c2)cc1OC. The van der Waals surface area contributed by atoms with Crippen molar-refractivity contribution >= 4 is 11.8 Å². The molecule has 1 aliphatic heterocycles. The van der Waals surface area contributed by atoms with Crippen LogP contribution in [-0.2, 0) is 16.0 Å². The van der Waals surface area contributed by atoms with Crippen molar-refractivity contribution in [2.24, 2.45) is 5.92 Å². The van der Waals surface area contributed by atoms with Crippen LogP contribution in [0.5, 0.6) is 23.0 Å². The van der Waals surface area contributed by atoms with Crippen molar-refractivity contribution in [3.8, 4) is 23.0 Å². The Kier molecular flexibility index (Phi) is 8.46. The highest BCUT2D eigenvalue weighted by molar-refractivity contribution is 5.96. The van der Waals surface area contributed by atoms with Crippen LogP contribution in [-0.4, -0.2) is 69.2 Å². The molecule has 0 radical (unpaired) electrons. The maximum atomic E-state index is 14.0. The lowest BCUT2D eigenvalue weighted by Gasteiger charge is -2.45. The Balaban J connectivity index is 1.64. The van der Waals surface area contributed by atoms with Crippen LogP contribution in [0.4, 0.5) is 0 Å². The van der Waals surface area contributed by atoms with Crippen LogP contribution >= 0.6 is 0 Å². The van der Waals surface area contributed by atoms with Crippen molar-refractivity contribution < 1.29 is 28.5 Å². The van der Waals surface area contributed by atoms with E-state index in [1.165, 1.54) is 0 Å². The molecule has 4 rings (SSSR count). The standard InChI is InChI=1S/C29H38N2O6/c1-19-6-10-22(11-7-19)31-18-27(32)30(15-14-20-8-12-23(34-2)25(16-20)36-4)28(29(31)33)21-9-13-24(35-3)26(17-21)37-5/h8-9,12-13,16-17,19,22,28H,6-7,10-11,14-15,18H2,1-5H3/t19?,22?,28-/m1/s1. The molecule has 1 atom stereocenters. The van der Waals surface area contributed by atoms with Gasteiger partial charge in [0, 0.05) is 12.6 Å². The Hall–Kier alpha value is -3.42. The number of amides is 2. The predicted octanol–water partition coefficient (Wildman–Crippen LogP) is 4.25. The smallest absolute Gasteiger partial charge is 0.250 e. The highest BCUT2D eigenvalue weighted by Gasteiger charge is 2.43. The molecule has 1 saturated carbocycles. The van der Waals surface area contributed by atoms with E-state index in [2.05, 4.69) is 6.92 Å². The zero-order valence-corrected chi connectivity index (χ0v) is 22.5. The second-order valence-electron chi connectivity index (χ2n) is 9.92. The Morgan fingerprint density at radius 1 is 0.784 bits per heavy atom. The highest BCUT2D eigenvalue weighted by atomic mass is 16.5. The normalized spacial score (nSPS) is 22.1. The summed E-state index contributed by atoms with van der Waals surface area (Å²) >= 11 is 0. The van der Waals surface area contributed by atoms with Gasteiger partial charge in [0.15, 0.2) is 23.0 Å². The first-order valence-electron chi connectivity index (χ1n) is 12.9. The molecule has 2 fully saturated rings. The van der Waals surface area contributed by atoms with Crippen LogP contribution < -0.4 is 18.9 Å². The van der Waals surface area contributed by atoms with Crippen molar-refractivity contribution in [3.63, 3.8) is 0 Å². The van der Waals surface area contributed by atoms with Gasteiger partial charge < -0.3 is 28.7 Å². The van der Waals surface area contributed by atoms with Gasteiger partial charge in [0.1, 0.15) is 12.6 Å². The summed E-state index contributed by atoms with van der Waals surface area (Å²) in [6.45, 7) is 2.77. The quantitative estimate of drug-likeness (QED) is 0.502. The molecule has 8 heteroatoms. The lowest BCUT2D eigenvalue weighted by Crippen LogP contribution is -2.59. The number of hydrogen-bond donors (Lipinski definition) is 0. The number of ether oxygens (including phenoxy) is 4. The largest absolute Gasteiger partial charge is 0.493 e. The van der Waals surface area contributed by atoms with E-state index >= 15 is 0 Å². The monoisotopic (exact) mass is 510 g/mol. The van der Waals surface area contributed by atoms with Gasteiger partial charge in [-0.2, -0.15) is 0 Å². The van der Waals surface area contributed by atoms with Gasteiger partial charge in [0.2, 0.25) is 5.91 Å². The summed E-state index contributed by atoms with van der Waals surface area (Å²) in [7, 11) is 6.35. The van der Waals surface area contributed by atoms with Crippen LogP contribution in [0, 0.1) is 5.92 Å². The highest BCUT2D eigenvalue weighted by Crippen LogP contribution is 2.37. The maximum absolute atomic E-state index is 14.0. The Morgan fingerprint density at radius 3 is 2.00 bits per heavy atom. The molecule has 37 heavy (non-hydrogen) atoms. The number of rotatable bonds is 9. The number of hydrogen-bond acceptors (Lipinski definition) is 6. The number of carbonyl (C=O) groups excluding carboxylic acids is 2. The number of carbonyl (C=O) groups is 2. The van der Waals surface area contributed by atoms with E-state index in [1.807, 2.05) is 35.2 Å². The van der Waals surface area contributed by atoms with Crippen molar-refractivity contribution in [2.45, 2.75) is 51.1 Å².